The maximum atomic E-state index is 13.2. The zero-order chi connectivity index (χ0) is 26.9. The summed E-state index contributed by atoms with van der Waals surface area (Å²) in [5, 5.41) is 11.5. The molecule has 0 aliphatic carbocycles. The number of unbranched alkanes of at least 4 members (excludes halogenated alkanes) is 1. The van der Waals surface area contributed by atoms with E-state index in [9.17, 15) is 32.3 Å². The molecule has 0 fully saturated rings. The summed E-state index contributed by atoms with van der Waals surface area (Å²) in [5.41, 5.74) is 9.15. The fraction of sp³-hybridized carbons (Fsp3) is 0.292. The molecular weight excluding hydrogens is 481 g/mol. The summed E-state index contributed by atoms with van der Waals surface area (Å²) in [5.74, 6) is -3.48. The number of carboxylic acid groups (broad SMARTS) is 1. The van der Waals surface area contributed by atoms with Crippen LogP contribution in [0.15, 0.2) is 53.5 Å². The Bertz CT molecular complexity index is 1150. The Morgan fingerprint density at radius 3 is 2.17 bits per heavy atom. The summed E-state index contributed by atoms with van der Waals surface area (Å²) >= 11 is 0. The van der Waals surface area contributed by atoms with Crippen LogP contribution in [0.3, 0.4) is 0 Å². The van der Waals surface area contributed by atoms with E-state index in [1.165, 1.54) is 12.1 Å². The molecule has 0 saturated heterocycles. The monoisotopic (exact) mass is 506 g/mol. The van der Waals surface area contributed by atoms with Crippen molar-refractivity contribution in [3.05, 3.63) is 65.2 Å². The molecule has 2 rings (SSSR count). The second-order valence-corrected chi connectivity index (χ2v) is 7.88. The van der Waals surface area contributed by atoms with E-state index >= 15 is 0 Å². The number of carbonyl (C=O) groups is 4. The summed E-state index contributed by atoms with van der Waals surface area (Å²) in [7, 11) is 0. The number of benzene rings is 2. The van der Waals surface area contributed by atoms with E-state index < -0.39 is 53.6 Å². The van der Waals surface area contributed by atoms with Gasteiger partial charge in [-0.15, -0.1) is 0 Å². The number of ketones is 2. The summed E-state index contributed by atoms with van der Waals surface area (Å²) < 4.78 is 39.5. The van der Waals surface area contributed by atoms with E-state index in [2.05, 4.69) is 10.3 Å². The number of amides is 1. The van der Waals surface area contributed by atoms with Crippen molar-refractivity contribution in [1.29, 1.82) is 0 Å². The van der Waals surface area contributed by atoms with Gasteiger partial charge in [-0.2, -0.15) is 13.2 Å². The van der Waals surface area contributed by atoms with Crippen molar-refractivity contribution in [2.45, 2.75) is 44.3 Å². The van der Waals surface area contributed by atoms with E-state index in [0.717, 1.165) is 6.07 Å². The van der Waals surface area contributed by atoms with Gasteiger partial charge >= 0.3 is 12.1 Å². The molecule has 12 heteroatoms. The fourth-order valence-electron chi connectivity index (χ4n) is 3.32. The topological polar surface area (TPSA) is 165 Å². The predicted molar refractivity (Wildman–Crippen MR) is 125 cm³/mol. The lowest BCUT2D eigenvalue weighted by molar-refractivity contribution is -0.138. The smallest absolute Gasteiger partial charge is 0.416 e. The number of nitrogens with zero attached hydrogens (tertiary/aromatic N) is 1. The number of nitrogens with two attached hydrogens (primary N) is 2. The second kappa shape index (κ2) is 12.5. The molecule has 0 radical (unpaired) electrons. The first-order chi connectivity index (χ1) is 16.9. The van der Waals surface area contributed by atoms with Gasteiger partial charge in [0.05, 0.1) is 17.7 Å². The first-order valence-electron chi connectivity index (χ1n) is 10.8. The van der Waals surface area contributed by atoms with E-state index in [4.69, 9.17) is 16.6 Å². The average Bonchev–Trinajstić information content (AvgIpc) is 2.80. The molecular formula is C24H25F3N4O5. The molecule has 1 atom stereocenters. The van der Waals surface area contributed by atoms with Crippen LogP contribution in [0, 0.1) is 0 Å². The number of aliphatic carboxylic acids is 1. The van der Waals surface area contributed by atoms with Gasteiger partial charge in [-0.1, -0.05) is 30.3 Å². The summed E-state index contributed by atoms with van der Waals surface area (Å²) in [6.07, 6.45) is -5.26. The SMILES string of the molecule is NC(N)=Nc1cc(C(=O)CCCCC(=O)NC(CC(=O)O)C(=O)c2ccccc2)cc(C(F)(F)F)c1. The summed E-state index contributed by atoms with van der Waals surface area (Å²) in [4.78, 5) is 52.0. The third-order valence-corrected chi connectivity index (χ3v) is 4.97. The van der Waals surface area contributed by atoms with Gasteiger partial charge in [-0.25, -0.2) is 4.99 Å². The van der Waals surface area contributed by atoms with Gasteiger partial charge in [0, 0.05) is 24.0 Å². The normalized spacial score (nSPS) is 11.9. The molecule has 0 aliphatic rings. The van der Waals surface area contributed by atoms with Crippen molar-refractivity contribution < 1.29 is 37.5 Å². The van der Waals surface area contributed by atoms with Gasteiger partial charge in [0.1, 0.15) is 6.04 Å². The van der Waals surface area contributed by atoms with Gasteiger partial charge in [-0.3, -0.25) is 19.2 Å². The third-order valence-electron chi connectivity index (χ3n) is 4.97. The number of Topliss-reactive ketones (excluding diaryl/α,β-unsaturated/α-hetero) is 2. The van der Waals surface area contributed by atoms with Crippen LogP contribution >= 0.6 is 0 Å². The minimum absolute atomic E-state index is 0.118. The lowest BCUT2D eigenvalue weighted by atomic mass is 10.00. The molecule has 0 aliphatic heterocycles. The number of hydrogen-bond acceptors (Lipinski definition) is 5. The summed E-state index contributed by atoms with van der Waals surface area (Å²) in [6.45, 7) is 0. The second-order valence-electron chi connectivity index (χ2n) is 7.88. The number of nitrogens with one attached hydrogen (secondary N) is 1. The number of aliphatic imine (C=N–C) groups is 1. The Morgan fingerprint density at radius 1 is 0.944 bits per heavy atom. The molecule has 2 aromatic rings. The van der Waals surface area contributed by atoms with Crippen LogP contribution in [0.1, 0.15) is 58.4 Å². The molecule has 0 heterocycles. The Balaban J connectivity index is 1.96. The highest BCUT2D eigenvalue weighted by Crippen LogP contribution is 2.33. The van der Waals surface area contributed by atoms with Crippen molar-refractivity contribution in [1.82, 2.24) is 5.32 Å². The van der Waals surface area contributed by atoms with Crippen LogP contribution in [-0.2, 0) is 15.8 Å². The minimum Gasteiger partial charge on any atom is -0.481 e. The number of halogens is 3. The predicted octanol–water partition coefficient (Wildman–Crippen LogP) is 3.20. The van der Waals surface area contributed by atoms with Crippen LogP contribution < -0.4 is 16.8 Å². The highest BCUT2D eigenvalue weighted by molar-refractivity contribution is 6.03. The maximum absolute atomic E-state index is 13.2. The van der Waals surface area contributed by atoms with Gasteiger partial charge in [-0.05, 0) is 31.0 Å². The van der Waals surface area contributed by atoms with Crippen molar-refractivity contribution in [2.75, 3.05) is 0 Å². The number of hydrogen-bond donors (Lipinski definition) is 4. The largest absolute Gasteiger partial charge is 0.481 e. The quantitative estimate of drug-likeness (QED) is 0.148. The molecule has 0 bridgehead atoms. The molecule has 36 heavy (non-hydrogen) atoms. The van der Waals surface area contributed by atoms with Crippen molar-refractivity contribution in [3.8, 4) is 0 Å². The third kappa shape index (κ3) is 8.85. The van der Waals surface area contributed by atoms with Crippen LogP contribution in [0.5, 0.6) is 0 Å². The zero-order valence-corrected chi connectivity index (χ0v) is 19.0. The Hall–Kier alpha value is -4.22. The number of rotatable bonds is 12. The average molecular weight is 506 g/mol. The van der Waals surface area contributed by atoms with E-state index in [-0.39, 0.29) is 42.5 Å². The highest BCUT2D eigenvalue weighted by Gasteiger charge is 2.32. The molecule has 6 N–H and O–H groups in total. The van der Waals surface area contributed by atoms with Gasteiger partial charge in [0.2, 0.25) is 5.91 Å². The number of carbonyl (C=O) groups excluding carboxylic acids is 3. The van der Waals surface area contributed by atoms with Crippen LogP contribution in [0.2, 0.25) is 0 Å². The Labute approximate surface area is 204 Å². The van der Waals surface area contributed by atoms with Gasteiger partial charge in [0.25, 0.3) is 0 Å². The lowest BCUT2D eigenvalue weighted by Gasteiger charge is -2.16. The number of guanidine groups is 1. The maximum Gasteiger partial charge on any atom is 0.416 e. The highest BCUT2D eigenvalue weighted by atomic mass is 19.4. The van der Waals surface area contributed by atoms with Crippen molar-refractivity contribution >= 4 is 35.1 Å². The molecule has 0 aromatic heterocycles. The van der Waals surface area contributed by atoms with Crippen LogP contribution in [0.25, 0.3) is 0 Å². The molecule has 1 amide bonds. The van der Waals surface area contributed by atoms with Gasteiger partial charge in [0.15, 0.2) is 17.5 Å². The molecule has 192 valence electrons. The minimum atomic E-state index is -4.72. The van der Waals surface area contributed by atoms with Crippen molar-refractivity contribution in [3.63, 3.8) is 0 Å². The van der Waals surface area contributed by atoms with Gasteiger partial charge < -0.3 is 21.9 Å². The molecule has 0 saturated carbocycles. The standard InChI is InChI=1S/C24H25F3N4O5/c25-24(26,27)16-10-15(11-17(12-16)30-23(28)29)19(32)8-4-5-9-20(33)31-18(13-21(34)35)22(36)14-6-2-1-3-7-14/h1-3,6-7,10-12,18H,4-5,8-9,13H2,(H,31,33)(H,34,35)(H4,28,29,30). The zero-order valence-electron chi connectivity index (χ0n) is 19.0. The van der Waals surface area contributed by atoms with E-state index in [0.29, 0.717) is 12.1 Å². The Morgan fingerprint density at radius 2 is 1.58 bits per heavy atom. The van der Waals surface area contributed by atoms with E-state index in [1.807, 2.05) is 0 Å². The molecule has 1 unspecified atom stereocenters. The Kier molecular flexibility index (Phi) is 9.71. The number of alkyl halides is 3. The van der Waals surface area contributed by atoms with Crippen LogP contribution in [0.4, 0.5) is 18.9 Å². The summed E-state index contributed by atoms with van der Waals surface area (Å²) in [6, 6.07) is 9.18. The fourth-order valence-corrected chi connectivity index (χ4v) is 3.32. The first kappa shape index (κ1) is 28.0. The van der Waals surface area contributed by atoms with Crippen LogP contribution in [-0.4, -0.2) is 40.6 Å². The molecule has 9 nitrogen and oxygen atoms in total. The molecule has 0 spiro atoms. The van der Waals surface area contributed by atoms with E-state index in [1.54, 1.807) is 18.2 Å². The van der Waals surface area contributed by atoms with Crippen molar-refractivity contribution in [2.24, 2.45) is 16.5 Å². The first-order valence-corrected chi connectivity index (χ1v) is 10.8. The molecule has 2 aromatic carbocycles. The lowest BCUT2D eigenvalue weighted by Crippen LogP contribution is -2.42. The number of carboxylic acids is 1.